The number of anilines is 2. The van der Waals surface area contributed by atoms with Crippen molar-refractivity contribution < 1.29 is 18.7 Å². The Hall–Kier alpha value is -2.47. The minimum Gasteiger partial charge on any atom is -0.463 e. The van der Waals surface area contributed by atoms with E-state index in [9.17, 15) is 13.6 Å². The van der Waals surface area contributed by atoms with Crippen molar-refractivity contribution >= 4 is 67.7 Å². The maximum absolute atomic E-state index is 12.0. The highest BCUT2D eigenvalue weighted by atomic mass is 35.5. The summed E-state index contributed by atoms with van der Waals surface area (Å²) in [5.41, 5.74) is 0.702. The number of hydrogen-bond acceptors (Lipinski definition) is 5. The zero-order chi connectivity index (χ0) is 17.7. The van der Waals surface area contributed by atoms with Gasteiger partial charge in [0.15, 0.2) is 15.9 Å². The second-order valence-corrected chi connectivity index (χ2v) is 6.95. The summed E-state index contributed by atoms with van der Waals surface area (Å²) >= 11 is 5.06. The van der Waals surface area contributed by atoms with Gasteiger partial charge in [0, 0.05) is 17.0 Å². The molecule has 0 saturated heterocycles. The summed E-state index contributed by atoms with van der Waals surface area (Å²) in [4.78, 5) is 15.9. The van der Waals surface area contributed by atoms with Crippen LogP contribution >= 0.6 is 22.9 Å². The number of rotatable bonds is 3. The first-order valence-corrected chi connectivity index (χ1v) is 9.02. The maximum atomic E-state index is 12.0. The first-order valence-electron chi connectivity index (χ1n) is 6.70. The molecule has 1 unspecified atom stereocenters. The molecule has 128 valence electrons. The van der Waals surface area contributed by atoms with E-state index in [1.54, 1.807) is 22.0 Å². The molecule has 0 amide bonds. The van der Waals surface area contributed by atoms with Gasteiger partial charge < -0.3 is 5.11 Å². The Morgan fingerprint density at radius 3 is 2.92 bits per heavy atom. The molecule has 0 aliphatic carbocycles. The van der Waals surface area contributed by atoms with E-state index in [2.05, 4.69) is 10.1 Å². The third-order valence-corrected chi connectivity index (χ3v) is 5.22. The average Bonchev–Trinajstić information content (AvgIpc) is 3.23. The highest BCUT2D eigenvalue weighted by molar-refractivity contribution is 7.81. The molecule has 0 aliphatic rings. The van der Waals surface area contributed by atoms with Gasteiger partial charge in [-0.05, 0) is 18.2 Å². The van der Waals surface area contributed by atoms with Crippen LogP contribution in [0.3, 0.4) is 0 Å². The molecule has 12 heteroatoms. The number of aromatic nitrogens is 4. The third kappa shape index (κ3) is 2.48. The first-order chi connectivity index (χ1) is 12.0. The molecule has 9 nitrogen and oxygen atoms in total. The van der Waals surface area contributed by atoms with Crippen LogP contribution in [-0.4, -0.2) is 39.1 Å². The van der Waals surface area contributed by atoms with Crippen LogP contribution in [0.2, 0.25) is 5.15 Å². The van der Waals surface area contributed by atoms with Gasteiger partial charge in [0.05, 0.1) is 17.4 Å². The van der Waals surface area contributed by atoms with E-state index in [-0.39, 0.29) is 11.0 Å². The van der Waals surface area contributed by atoms with Crippen molar-refractivity contribution in [2.24, 2.45) is 0 Å². The van der Waals surface area contributed by atoms with Crippen molar-refractivity contribution in [3.8, 4) is 0 Å². The van der Waals surface area contributed by atoms with E-state index < -0.39 is 17.4 Å². The minimum absolute atomic E-state index is 0.0792. The second kappa shape index (κ2) is 5.81. The molecule has 3 aromatic heterocycles. The van der Waals surface area contributed by atoms with Crippen LogP contribution < -0.4 is 4.31 Å². The molecule has 0 spiro atoms. The zero-order valence-electron chi connectivity index (χ0n) is 12.1. The number of hydrogen-bond donors (Lipinski definition) is 2. The van der Waals surface area contributed by atoms with E-state index in [4.69, 9.17) is 16.7 Å². The lowest BCUT2D eigenvalue weighted by Gasteiger charge is -2.19. The fourth-order valence-corrected chi connectivity index (χ4v) is 4.20. The van der Waals surface area contributed by atoms with Gasteiger partial charge in [-0.1, -0.05) is 11.6 Å². The summed E-state index contributed by atoms with van der Waals surface area (Å²) in [6, 6.07) is 4.57. The van der Waals surface area contributed by atoms with Gasteiger partial charge in [-0.2, -0.15) is 9.78 Å². The van der Waals surface area contributed by atoms with Gasteiger partial charge in [-0.25, -0.2) is 18.3 Å². The summed E-state index contributed by atoms with van der Waals surface area (Å²) < 4.78 is 25.3. The lowest BCUT2D eigenvalue weighted by atomic mass is 10.2. The zero-order valence-corrected chi connectivity index (χ0v) is 14.5. The summed E-state index contributed by atoms with van der Waals surface area (Å²) in [5.74, 6) is 0.240. The number of fused-ring (bicyclic) bond motifs is 2. The number of benzene rings is 1. The Kier molecular flexibility index (Phi) is 3.72. The molecule has 4 aromatic rings. The predicted octanol–water partition coefficient (Wildman–Crippen LogP) is 3.20. The monoisotopic (exact) mass is 397 g/mol. The van der Waals surface area contributed by atoms with E-state index in [1.165, 1.54) is 29.7 Å². The highest BCUT2D eigenvalue weighted by Gasteiger charge is 2.25. The average molecular weight is 398 g/mol. The molecule has 4 rings (SSSR count). The molecule has 3 heterocycles. The van der Waals surface area contributed by atoms with Crippen LogP contribution in [0, 0.1) is 0 Å². The molecular weight excluding hydrogens is 390 g/mol. The Labute approximate surface area is 151 Å². The molecule has 0 fully saturated rings. The van der Waals surface area contributed by atoms with Gasteiger partial charge in [0.25, 0.3) is 11.3 Å². The van der Waals surface area contributed by atoms with Crippen molar-refractivity contribution in [1.29, 1.82) is 0 Å². The van der Waals surface area contributed by atoms with Crippen LogP contribution in [-0.2, 0) is 11.3 Å². The highest BCUT2D eigenvalue weighted by Crippen LogP contribution is 2.36. The number of halogens is 1. The van der Waals surface area contributed by atoms with E-state index in [0.717, 1.165) is 8.99 Å². The van der Waals surface area contributed by atoms with Crippen molar-refractivity contribution in [3.05, 3.63) is 41.1 Å². The van der Waals surface area contributed by atoms with Crippen LogP contribution in [0.25, 0.3) is 15.9 Å². The summed E-state index contributed by atoms with van der Waals surface area (Å²) in [5, 5.41) is 15.2. The predicted molar refractivity (Wildman–Crippen MR) is 94.1 cm³/mol. The van der Waals surface area contributed by atoms with Crippen molar-refractivity contribution in [2.75, 3.05) is 4.31 Å². The Bertz CT molecular complexity index is 1150. The van der Waals surface area contributed by atoms with E-state index in [0.29, 0.717) is 21.6 Å². The molecule has 0 radical (unpaired) electrons. The molecule has 1 atom stereocenters. The quantitative estimate of drug-likeness (QED) is 0.513. The lowest BCUT2D eigenvalue weighted by molar-refractivity contribution is 0.194. The number of thiazole rings is 1. The molecular formula is C13H8ClN5O4S2. The van der Waals surface area contributed by atoms with Gasteiger partial charge in [0.1, 0.15) is 0 Å². The number of carboxylic acid groups (broad SMARTS) is 1. The van der Waals surface area contributed by atoms with Gasteiger partial charge in [-0.3, -0.25) is 8.95 Å². The topological polar surface area (TPSA) is 113 Å². The molecule has 0 aliphatic heterocycles. The van der Waals surface area contributed by atoms with Gasteiger partial charge in [-0.15, -0.1) is 11.3 Å². The van der Waals surface area contributed by atoms with E-state index in [1.807, 2.05) is 0 Å². The largest absolute Gasteiger partial charge is 0.463 e. The van der Waals surface area contributed by atoms with Gasteiger partial charge >= 0.3 is 6.09 Å². The summed E-state index contributed by atoms with van der Waals surface area (Å²) in [6.07, 6.45) is 1.84. The Morgan fingerprint density at radius 2 is 2.20 bits per heavy atom. The summed E-state index contributed by atoms with van der Waals surface area (Å²) in [6.45, 7) is 0. The van der Waals surface area contributed by atoms with Crippen LogP contribution in [0.15, 0.2) is 36.0 Å². The lowest BCUT2D eigenvalue weighted by Crippen LogP contribution is -2.21. The first kappa shape index (κ1) is 16.0. The normalized spacial score (nSPS) is 12.7. The summed E-state index contributed by atoms with van der Waals surface area (Å²) in [7, 11) is 0. The molecule has 0 saturated carbocycles. The SMILES string of the molecule is O=C(O)n1ncc2cc(N(c3c(Cl)nc4sccn34)S(=O)O)ccc21. The van der Waals surface area contributed by atoms with Crippen molar-refractivity contribution in [2.45, 2.75) is 0 Å². The van der Waals surface area contributed by atoms with Crippen LogP contribution in [0.4, 0.5) is 16.3 Å². The molecule has 25 heavy (non-hydrogen) atoms. The molecule has 1 aromatic carbocycles. The van der Waals surface area contributed by atoms with Crippen LogP contribution in [0.1, 0.15) is 0 Å². The van der Waals surface area contributed by atoms with Crippen molar-refractivity contribution in [3.63, 3.8) is 0 Å². The Balaban J connectivity index is 1.91. The van der Waals surface area contributed by atoms with Gasteiger partial charge in [0.2, 0.25) is 0 Å². The Morgan fingerprint density at radius 1 is 1.40 bits per heavy atom. The van der Waals surface area contributed by atoms with E-state index >= 15 is 0 Å². The van der Waals surface area contributed by atoms with Crippen molar-refractivity contribution in [1.82, 2.24) is 19.2 Å². The fraction of sp³-hybridized carbons (Fsp3) is 0. The third-order valence-electron chi connectivity index (χ3n) is 3.51. The number of carbonyl (C=O) groups is 1. The fourth-order valence-electron chi connectivity index (χ4n) is 2.51. The second-order valence-electron chi connectivity index (χ2n) is 4.89. The number of imidazole rings is 1. The minimum atomic E-state index is -2.43. The molecule has 2 N–H and O–H groups in total. The smallest absolute Gasteiger partial charge is 0.432 e. The van der Waals surface area contributed by atoms with Crippen LogP contribution in [0.5, 0.6) is 0 Å². The standard InChI is InChI=1S/C13H8ClN5O4S2/c14-10-11(17-3-4-24-12(17)16-10)19(25(22)23)8-1-2-9-7(5-8)6-15-18(9)13(20)21/h1-6H,(H,20,21)(H,22,23). The maximum Gasteiger partial charge on any atom is 0.432 e. The molecule has 0 bridgehead atoms. The number of nitrogens with zero attached hydrogens (tertiary/aromatic N) is 5.